The van der Waals surface area contributed by atoms with E-state index in [1.807, 2.05) is 13.8 Å². The number of amides is 3. The maximum Gasteiger partial charge on any atom is 0.325 e. The first-order chi connectivity index (χ1) is 9.95. The van der Waals surface area contributed by atoms with Crippen molar-refractivity contribution in [3.63, 3.8) is 0 Å². The monoisotopic (exact) mass is 310 g/mol. The number of nitrogens with one attached hydrogen (secondary N) is 1. The van der Waals surface area contributed by atoms with Gasteiger partial charge in [0, 0.05) is 10.6 Å². The highest BCUT2D eigenvalue weighted by molar-refractivity contribution is 6.31. The van der Waals surface area contributed by atoms with E-state index in [1.165, 1.54) is 0 Å². The van der Waals surface area contributed by atoms with Gasteiger partial charge in [0.1, 0.15) is 5.54 Å². The second kappa shape index (κ2) is 6.03. The largest absolute Gasteiger partial charge is 0.386 e. The van der Waals surface area contributed by atoms with Crippen LogP contribution in [0.4, 0.5) is 4.79 Å². The number of carbonyl (C=O) groups is 2. The Morgan fingerprint density at radius 2 is 1.90 bits per heavy atom. The van der Waals surface area contributed by atoms with Crippen LogP contribution in [-0.4, -0.2) is 34.0 Å². The van der Waals surface area contributed by atoms with Crippen LogP contribution in [0.2, 0.25) is 5.02 Å². The fraction of sp³-hybridized carbons (Fsp3) is 0.467. The van der Waals surface area contributed by atoms with Gasteiger partial charge in [-0.15, -0.1) is 0 Å². The van der Waals surface area contributed by atoms with Crippen molar-refractivity contribution in [3.8, 4) is 0 Å². The molecule has 2 rings (SSSR count). The minimum Gasteiger partial charge on any atom is -0.386 e. The molecule has 0 aromatic heterocycles. The van der Waals surface area contributed by atoms with Gasteiger partial charge in [0.2, 0.25) is 0 Å². The summed E-state index contributed by atoms with van der Waals surface area (Å²) in [5.74, 6) is -0.288. The number of urea groups is 1. The molecule has 1 fully saturated rings. The first kappa shape index (κ1) is 15.8. The van der Waals surface area contributed by atoms with Crippen molar-refractivity contribution in [2.24, 2.45) is 0 Å². The number of imide groups is 1. The van der Waals surface area contributed by atoms with E-state index in [4.69, 9.17) is 11.6 Å². The highest BCUT2D eigenvalue weighted by Gasteiger charge is 2.49. The van der Waals surface area contributed by atoms with Gasteiger partial charge in [0.25, 0.3) is 5.91 Å². The molecule has 1 aromatic rings. The van der Waals surface area contributed by atoms with Crippen molar-refractivity contribution in [3.05, 3.63) is 34.9 Å². The van der Waals surface area contributed by atoms with Gasteiger partial charge in [0.05, 0.1) is 12.6 Å². The lowest BCUT2D eigenvalue weighted by atomic mass is 9.93. The number of aliphatic hydroxyl groups excluding tert-OH is 1. The lowest BCUT2D eigenvalue weighted by Crippen LogP contribution is -2.46. The molecule has 1 aromatic carbocycles. The lowest BCUT2D eigenvalue weighted by molar-refractivity contribution is -0.132. The lowest BCUT2D eigenvalue weighted by Gasteiger charge is -2.24. The van der Waals surface area contributed by atoms with Gasteiger partial charge < -0.3 is 10.4 Å². The van der Waals surface area contributed by atoms with Crippen molar-refractivity contribution in [1.29, 1.82) is 0 Å². The summed E-state index contributed by atoms with van der Waals surface area (Å²) >= 11 is 6.02. The zero-order valence-electron chi connectivity index (χ0n) is 12.1. The van der Waals surface area contributed by atoms with Crippen molar-refractivity contribution >= 4 is 23.5 Å². The van der Waals surface area contributed by atoms with E-state index in [2.05, 4.69) is 5.32 Å². The number of aliphatic hydroxyl groups is 1. The molecule has 0 radical (unpaired) electrons. The zero-order valence-corrected chi connectivity index (χ0v) is 12.9. The van der Waals surface area contributed by atoms with Crippen LogP contribution >= 0.6 is 11.6 Å². The summed E-state index contributed by atoms with van der Waals surface area (Å²) in [5, 5.41) is 13.4. The summed E-state index contributed by atoms with van der Waals surface area (Å²) in [6.45, 7) is 3.61. The van der Waals surface area contributed by atoms with E-state index in [0.717, 1.165) is 4.90 Å². The number of β-amino-alcohol motifs (C(OH)–C–C–N with tert-alkyl or cyclic N) is 1. The van der Waals surface area contributed by atoms with E-state index in [-0.39, 0.29) is 12.5 Å². The Morgan fingerprint density at radius 3 is 2.43 bits per heavy atom. The molecule has 1 atom stereocenters. The molecule has 0 spiro atoms. The first-order valence-electron chi connectivity index (χ1n) is 7.01. The fourth-order valence-corrected chi connectivity index (χ4v) is 2.85. The van der Waals surface area contributed by atoms with Gasteiger partial charge in [0.15, 0.2) is 0 Å². The average molecular weight is 311 g/mol. The quantitative estimate of drug-likeness (QED) is 0.821. The topological polar surface area (TPSA) is 69.6 Å². The van der Waals surface area contributed by atoms with Gasteiger partial charge in [-0.1, -0.05) is 43.6 Å². The number of benzene rings is 1. The van der Waals surface area contributed by atoms with Gasteiger partial charge in [-0.3, -0.25) is 9.69 Å². The molecule has 2 N–H and O–H groups in total. The Hall–Kier alpha value is -1.59. The number of rotatable bonds is 5. The maximum atomic E-state index is 12.5. The molecule has 1 aliphatic rings. The van der Waals surface area contributed by atoms with Gasteiger partial charge >= 0.3 is 6.03 Å². The van der Waals surface area contributed by atoms with Crippen LogP contribution in [0.3, 0.4) is 0 Å². The molecular weight excluding hydrogens is 292 g/mol. The van der Waals surface area contributed by atoms with Crippen molar-refractivity contribution < 1.29 is 14.7 Å². The van der Waals surface area contributed by atoms with E-state index in [0.29, 0.717) is 23.4 Å². The minimum atomic E-state index is -1.00. The van der Waals surface area contributed by atoms with Gasteiger partial charge in [-0.25, -0.2) is 4.79 Å². The Bertz CT molecular complexity index is 558. The average Bonchev–Trinajstić information content (AvgIpc) is 2.72. The van der Waals surface area contributed by atoms with Crippen molar-refractivity contribution in [1.82, 2.24) is 10.2 Å². The Morgan fingerprint density at radius 1 is 1.29 bits per heavy atom. The third-order valence-corrected chi connectivity index (χ3v) is 4.42. The van der Waals surface area contributed by atoms with E-state index >= 15 is 0 Å². The summed E-state index contributed by atoms with van der Waals surface area (Å²) in [7, 11) is 0. The fourth-order valence-electron chi connectivity index (χ4n) is 2.59. The second-order valence-corrected chi connectivity index (χ2v) is 5.58. The van der Waals surface area contributed by atoms with Gasteiger partial charge in [-0.05, 0) is 18.9 Å². The maximum absolute atomic E-state index is 12.5. The molecule has 1 aliphatic heterocycles. The van der Waals surface area contributed by atoms with Crippen LogP contribution in [0.15, 0.2) is 24.3 Å². The summed E-state index contributed by atoms with van der Waals surface area (Å²) in [4.78, 5) is 25.5. The molecule has 1 heterocycles. The summed E-state index contributed by atoms with van der Waals surface area (Å²) in [5.41, 5.74) is -0.345. The molecule has 0 bridgehead atoms. The molecular formula is C15H19ClN2O3. The van der Waals surface area contributed by atoms with E-state index < -0.39 is 17.7 Å². The first-order valence-corrected chi connectivity index (χ1v) is 7.39. The minimum absolute atomic E-state index is 0.101. The third kappa shape index (κ3) is 2.76. The Balaban J connectivity index is 2.18. The number of nitrogens with zero attached hydrogens (tertiary/aromatic N) is 1. The highest BCUT2D eigenvalue weighted by atomic mass is 35.5. The molecule has 114 valence electrons. The smallest absolute Gasteiger partial charge is 0.325 e. The predicted octanol–water partition coefficient (Wildman–Crippen LogP) is 2.48. The Labute approximate surface area is 128 Å². The standard InChI is InChI=1S/C15H19ClN2O3/c1-3-15(4-2)13(20)18(14(21)17-15)9-12(19)10-7-5-6-8-11(10)16/h5-8,12,19H,3-4,9H2,1-2H3,(H,17,21). The zero-order chi connectivity index (χ0) is 15.6. The Kier molecular flexibility index (Phi) is 4.54. The van der Waals surface area contributed by atoms with Crippen LogP contribution in [-0.2, 0) is 4.79 Å². The SMILES string of the molecule is CCC1(CC)NC(=O)N(CC(O)c2ccccc2Cl)C1=O. The van der Waals surface area contributed by atoms with Gasteiger partial charge in [-0.2, -0.15) is 0 Å². The van der Waals surface area contributed by atoms with Crippen LogP contribution < -0.4 is 5.32 Å². The van der Waals surface area contributed by atoms with E-state index in [1.54, 1.807) is 24.3 Å². The van der Waals surface area contributed by atoms with Crippen LogP contribution in [0.25, 0.3) is 0 Å². The summed E-state index contributed by atoms with van der Waals surface area (Å²) < 4.78 is 0. The van der Waals surface area contributed by atoms with Crippen molar-refractivity contribution in [2.45, 2.75) is 38.3 Å². The van der Waals surface area contributed by atoms with Crippen molar-refractivity contribution in [2.75, 3.05) is 6.54 Å². The number of hydrogen-bond donors (Lipinski definition) is 2. The molecule has 1 unspecified atom stereocenters. The van der Waals surface area contributed by atoms with Crippen LogP contribution in [0, 0.1) is 0 Å². The number of hydrogen-bond acceptors (Lipinski definition) is 3. The summed E-state index contributed by atoms with van der Waals surface area (Å²) in [6, 6.07) is 6.38. The molecule has 0 saturated carbocycles. The molecule has 1 saturated heterocycles. The van der Waals surface area contributed by atoms with Crippen LogP contribution in [0.1, 0.15) is 38.4 Å². The predicted molar refractivity (Wildman–Crippen MR) is 80.0 cm³/mol. The highest BCUT2D eigenvalue weighted by Crippen LogP contribution is 2.28. The van der Waals surface area contributed by atoms with Crippen LogP contribution in [0.5, 0.6) is 0 Å². The molecule has 3 amide bonds. The summed E-state index contributed by atoms with van der Waals surface area (Å²) in [6.07, 6.45) is 0.0393. The second-order valence-electron chi connectivity index (χ2n) is 5.17. The number of halogens is 1. The van der Waals surface area contributed by atoms with E-state index in [9.17, 15) is 14.7 Å². The molecule has 6 heteroatoms. The number of carbonyl (C=O) groups excluding carboxylic acids is 2. The molecule has 5 nitrogen and oxygen atoms in total. The molecule has 0 aliphatic carbocycles. The normalized spacial score (nSPS) is 18.8. The third-order valence-electron chi connectivity index (χ3n) is 4.07. The molecule has 21 heavy (non-hydrogen) atoms.